The van der Waals surface area contributed by atoms with Crippen molar-refractivity contribution in [3.8, 4) is 5.75 Å². The Morgan fingerprint density at radius 1 is 1.23 bits per heavy atom. The fourth-order valence-electron chi connectivity index (χ4n) is 2.88. The fraction of sp³-hybridized carbons (Fsp3) is 0.200. The van der Waals surface area contributed by atoms with Gasteiger partial charge in [-0.1, -0.05) is 11.6 Å². The first-order valence-electron chi connectivity index (χ1n) is 8.23. The van der Waals surface area contributed by atoms with Crippen LogP contribution in [0.25, 0.3) is 10.9 Å². The van der Waals surface area contributed by atoms with Gasteiger partial charge in [0, 0.05) is 23.5 Å². The molecule has 26 heavy (non-hydrogen) atoms. The van der Waals surface area contributed by atoms with E-state index in [4.69, 9.17) is 16.3 Å². The van der Waals surface area contributed by atoms with E-state index >= 15 is 0 Å². The van der Waals surface area contributed by atoms with Crippen molar-refractivity contribution in [3.05, 3.63) is 69.0 Å². The highest BCUT2D eigenvalue weighted by molar-refractivity contribution is 6.30. The number of fused-ring (bicyclic) bond motifs is 1. The summed E-state index contributed by atoms with van der Waals surface area (Å²) in [5.74, 6) is 0.121. The number of aryl methyl sites for hydroxylation is 2. The summed E-state index contributed by atoms with van der Waals surface area (Å²) in [5, 5.41) is 3.84. The summed E-state index contributed by atoms with van der Waals surface area (Å²) in [7, 11) is 1.54. The normalized spacial score (nSPS) is 10.8. The van der Waals surface area contributed by atoms with Crippen LogP contribution in [0.15, 0.2) is 47.4 Å². The largest absolute Gasteiger partial charge is 0.497 e. The van der Waals surface area contributed by atoms with E-state index in [1.807, 2.05) is 24.5 Å². The van der Waals surface area contributed by atoms with E-state index in [1.54, 1.807) is 43.6 Å². The van der Waals surface area contributed by atoms with Crippen LogP contribution in [0.4, 0.5) is 5.69 Å². The third kappa shape index (κ3) is 3.30. The van der Waals surface area contributed by atoms with Crippen molar-refractivity contribution in [1.29, 1.82) is 0 Å². The molecule has 0 fully saturated rings. The molecule has 0 spiro atoms. The number of hydrogen-bond donors (Lipinski definition) is 1. The van der Waals surface area contributed by atoms with Gasteiger partial charge in [0.05, 0.1) is 18.0 Å². The maximum absolute atomic E-state index is 12.9. The number of benzene rings is 2. The van der Waals surface area contributed by atoms with E-state index in [2.05, 4.69) is 5.32 Å². The Morgan fingerprint density at radius 2 is 2.00 bits per heavy atom. The van der Waals surface area contributed by atoms with Crippen LogP contribution in [0.2, 0.25) is 5.02 Å². The summed E-state index contributed by atoms with van der Waals surface area (Å²) in [4.78, 5) is 25.6. The van der Waals surface area contributed by atoms with Gasteiger partial charge in [0.2, 0.25) is 5.43 Å². The number of nitrogens with one attached hydrogen (secondary N) is 1. The van der Waals surface area contributed by atoms with E-state index in [-0.39, 0.29) is 11.0 Å². The molecule has 1 amide bonds. The van der Waals surface area contributed by atoms with Crippen molar-refractivity contribution in [2.45, 2.75) is 20.4 Å². The third-order valence-corrected chi connectivity index (χ3v) is 4.54. The maximum Gasteiger partial charge on any atom is 0.261 e. The molecule has 0 aliphatic carbocycles. The molecule has 0 saturated carbocycles. The zero-order chi connectivity index (χ0) is 18.8. The Kier molecular flexibility index (Phi) is 5.00. The first-order chi connectivity index (χ1) is 12.4. The Morgan fingerprint density at radius 3 is 2.65 bits per heavy atom. The van der Waals surface area contributed by atoms with Crippen LogP contribution in [-0.4, -0.2) is 17.6 Å². The highest BCUT2D eigenvalue weighted by Crippen LogP contribution is 2.22. The number of nitrogens with zero attached hydrogens (tertiary/aromatic N) is 1. The molecule has 2 aromatic carbocycles. The van der Waals surface area contributed by atoms with Crippen molar-refractivity contribution in [3.63, 3.8) is 0 Å². The van der Waals surface area contributed by atoms with Crippen LogP contribution in [0.3, 0.4) is 0 Å². The average Bonchev–Trinajstić information content (AvgIpc) is 2.64. The molecule has 0 radical (unpaired) electrons. The minimum Gasteiger partial charge on any atom is -0.497 e. The van der Waals surface area contributed by atoms with Gasteiger partial charge in [-0.05, 0) is 55.8 Å². The number of carbonyl (C=O) groups is 1. The van der Waals surface area contributed by atoms with Crippen molar-refractivity contribution in [1.82, 2.24) is 4.57 Å². The molecular weight excluding hydrogens is 352 g/mol. The fourth-order valence-corrected chi connectivity index (χ4v) is 3.11. The predicted molar refractivity (Wildman–Crippen MR) is 105 cm³/mol. The molecule has 6 heteroatoms. The highest BCUT2D eigenvalue weighted by Gasteiger charge is 2.16. The zero-order valence-corrected chi connectivity index (χ0v) is 15.6. The molecule has 0 aliphatic heterocycles. The van der Waals surface area contributed by atoms with Crippen LogP contribution < -0.4 is 15.5 Å². The van der Waals surface area contributed by atoms with Crippen LogP contribution >= 0.6 is 11.6 Å². The monoisotopic (exact) mass is 370 g/mol. The molecular formula is C20H19ClN2O3. The summed E-state index contributed by atoms with van der Waals surface area (Å²) in [6.07, 6.45) is 1.59. The second-order valence-electron chi connectivity index (χ2n) is 5.95. The van der Waals surface area contributed by atoms with Crippen LogP contribution in [-0.2, 0) is 6.54 Å². The number of hydrogen-bond acceptors (Lipinski definition) is 3. The number of rotatable bonds is 4. The Labute approximate surface area is 156 Å². The lowest BCUT2D eigenvalue weighted by atomic mass is 10.1. The third-order valence-electron chi connectivity index (χ3n) is 4.31. The first kappa shape index (κ1) is 18.0. The summed E-state index contributed by atoms with van der Waals surface area (Å²) < 4.78 is 7.09. The smallest absolute Gasteiger partial charge is 0.261 e. The summed E-state index contributed by atoms with van der Waals surface area (Å²) in [6.45, 7) is 4.43. The number of methoxy groups -OCH3 is 1. The molecule has 5 nitrogen and oxygen atoms in total. The van der Waals surface area contributed by atoms with Gasteiger partial charge >= 0.3 is 0 Å². The molecule has 0 bridgehead atoms. The van der Waals surface area contributed by atoms with Gasteiger partial charge in [-0.2, -0.15) is 0 Å². The van der Waals surface area contributed by atoms with Gasteiger partial charge < -0.3 is 14.6 Å². The van der Waals surface area contributed by atoms with Crippen molar-refractivity contribution in [2.24, 2.45) is 0 Å². The van der Waals surface area contributed by atoms with E-state index in [0.29, 0.717) is 28.4 Å². The molecule has 0 atom stereocenters. The number of pyridine rings is 1. The minimum absolute atomic E-state index is 0.0851. The van der Waals surface area contributed by atoms with Gasteiger partial charge in [-0.25, -0.2) is 0 Å². The number of ether oxygens (including phenoxy) is 1. The van der Waals surface area contributed by atoms with Crippen molar-refractivity contribution >= 4 is 34.1 Å². The Bertz CT molecular complexity index is 1060. The van der Waals surface area contributed by atoms with Crippen molar-refractivity contribution < 1.29 is 9.53 Å². The lowest BCUT2D eigenvalue weighted by molar-refractivity contribution is 0.102. The molecule has 1 aromatic heterocycles. The minimum atomic E-state index is -0.452. The molecule has 0 saturated heterocycles. The number of amides is 1. The highest BCUT2D eigenvalue weighted by atomic mass is 35.5. The molecule has 0 unspecified atom stereocenters. The Balaban J connectivity index is 2.10. The predicted octanol–water partition coefficient (Wildman–Crippen LogP) is 4.24. The van der Waals surface area contributed by atoms with Gasteiger partial charge in [0.1, 0.15) is 11.3 Å². The maximum atomic E-state index is 12.9. The van der Waals surface area contributed by atoms with Crippen molar-refractivity contribution in [2.75, 3.05) is 12.4 Å². The SMILES string of the molecule is CCn1cc(C(=O)Nc2ccc(Cl)cc2C)c(=O)c2cc(OC)ccc21. The molecule has 1 heterocycles. The number of aromatic nitrogens is 1. The number of halogens is 1. The number of anilines is 1. The topological polar surface area (TPSA) is 60.3 Å². The van der Waals surface area contributed by atoms with Gasteiger partial charge in [0.15, 0.2) is 0 Å². The second kappa shape index (κ2) is 7.22. The van der Waals surface area contributed by atoms with Gasteiger partial charge in [0.25, 0.3) is 5.91 Å². The first-order valence-corrected chi connectivity index (χ1v) is 8.61. The molecule has 3 rings (SSSR count). The zero-order valence-electron chi connectivity index (χ0n) is 14.8. The Hall–Kier alpha value is -2.79. The summed E-state index contributed by atoms with van der Waals surface area (Å²) >= 11 is 5.95. The summed E-state index contributed by atoms with van der Waals surface area (Å²) in [5.41, 5.74) is 1.96. The van der Waals surface area contributed by atoms with Crippen LogP contribution in [0.5, 0.6) is 5.75 Å². The lowest BCUT2D eigenvalue weighted by Crippen LogP contribution is -2.24. The molecule has 3 aromatic rings. The van der Waals surface area contributed by atoms with E-state index in [9.17, 15) is 9.59 Å². The lowest BCUT2D eigenvalue weighted by Gasteiger charge is -2.13. The number of carbonyl (C=O) groups excluding carboxylic acids is 1. The molecule has 134 valence electrons. The molecule has 0 aliphatic rings. The van der Waals surface area contributed by atoms with E-state index in [0.717, 1.165) is 11.1 Å². The van der Waals surface area contributed by atoms with E-state index < -0.39 is 5.91 Å². The average molecular weight is 371 g/mol. The molecule has 1 N–H and O–H groups in total. The van der Waals surface area contributed by atoms with Gasteiger partial charge in [-0.3, -0.25) is 9.59 Å². The standard InChI is InChI=1S/C20H19ClN2O3/c1-4-23-11-16(19(24)15-10-14(26-3)6-8-18(15)23)20(25)22-17-7-5-13(21)9-12(17)2/h5-11H,4H2,1-3H3,(H,22,25). The van der Waals surface area contributed by atoms with Gasteiger partial charge in [-0.15, -0.1) is 0 Å². The van der Waals surface area contributed by atoms with Crippen LogP contribution in [0.1, 0.15) is 22.8 Å². The van der Waals surface area contributed by atoms with E-state index in [1.165, 1.54) is 0 Å². The summed E-state index contributed by atoms with van der Waals surface area (Å²) in [6, 6.07) is 10.5. The second-order valence-corrected chi connectivity index (χ2v) is 6.39. The quantitative estimate of drug-likeness (QED) is 0.747. The van der Waals surface area contributed by atoms with Crippen LogP contribution in [0, 0.1) is 6.92 Å².